The minimum absolute atomic E-state index is 0.0206. The molecule has 0 saturated carbocycles. The Morgan fingerprint density at radius 3 is 2.49 bits per heavy atom. The number of methoxy groups -OCH3 is 2. The second-order valence-electron chi connectivity index (χ2n) is 9.53. The Bertz CT molecular complexity index is 1420. The molecule has 1 aliphatic rings. The molecule has 0 aliphatic carbocycles. The molecular weight excluding hydrogens is 508 g/mol. The summed E-state index contributed by atoms with van der Waals surface area (Å²) in [6, 6.07) is 7.37. The van der Waals surface area contributed by atoms with Crippen molar-refractivity contribution in [2.75, 3.05) is 51.0 Å². The first kappa shape index (κ1) is 27.8. The summed E-state index contributed by atoms with van der Waals surface area (Å²) in [5.74, 6) is -0.900. The van der Waals surface area contributed by atoms with Gasteiger partial charge in [-0.1, -0.05) is 19.9 Å². The zero-order valence-electron chi connectivity index (χ0n) is 22.3. The van der Waals surface area contributed by atoms with E-state index in [2.05, 4.69) is 15.3 Å². The summed E-state index contributed by atoms with van der Waals surface area (Å²) in [7, 11) is 2.74. The van der Waals surface area contributed by atoms with Crippen LogP contribution in [0.4, 0.5) is 20.5 Å². The van der Waals surface area contributed by atoms with E-state index >= 15 is 4.39 Å². The number of anilines is 2. The molecular formula is C27H31F2N7O3. The van der Waals surface area contributed by atoms with Crippen molar-refractivity contribution in [3.8, 4) is 17.6 Å². The standard InChI is InChI=1S/C27H31F2N7O3/c1-15(2)32-20(16-5-6-19(28)17(11-16)14-30)13-22(37)35-7-9-36(10-8-35)27-33-24-18(26(31)34-27)12-21(38-3)25(39-4)23(24)29/h5-6,11-12,15,20,32H,7-10,13H2,1-4H3,(H2,31,33,34)/t20-/m1/s1. The molecule has 1 amide bonds. The van der Waals surface area contributed by atoms with E-state index in [1.807, 2.05) is 24.8 Å². The van der Waals surface area contributed by atoms with Gasteiger partial charge in [0.25, 0.3) is 0 Å². The molecule has 1 fully saturated rings. The number of ether oxygens (including phenoxy) is 2. The van der Waals surface area contributed by atoms with Gasteiger partial charge in [0.15, 0.2) is 17.3 Å². The van der Waals surface area contributed by atoms with Gasteiger partial charge >= 0.3 is 0 Å². The predicted octanol–water partition coefficient (Wildman–Crippen LogP) is 3.16. The van der Waals surface area contributed by atoms with E-state index in [-0.39, 0.29) is 58.8 Å². The third-order valence-corrected chi connectivity index (χ3v) is 6.64. The van der Waals surface area contributed by atoms with Crippen LogP contribution in [0.15, 0.2) is 24.3 Å². The number of nitrogens with zero attached hydrogens (tertiary/aromatic N) is 5. The van der Waals surface area contributed by atoms with Crippen LogP contribution >= 0.6 is 0 Å². The Morgan fingerprint density at radius 1 is 1.15 bits per heavy atom. The summed E-state index contributed by atoms with van der Waals surface area (Å²) in [6.45, 7) is 5.54. The fourth-order valence-electron chi connectivity index (χ4n) is 4.66. The van der Waals surface area contributed by atoms with Crippen molar-refractivity contribution in [1.29, 1.82) is 5.26 Å². The van der Waals surface area contributed by atoms with E-state index in [1.54, 1.807) is 11.0 Å². The first-order valence-electron chi connectivity index (χ1n) is 12.5. The van der Waals surface area contributed by atoms with Crippen LogP contribution in [-0.4, -0.2) is 67.2 Å². The number of halogens is 2. The summed E-state index contributed by atoms with van der Waals surface area (Å²) in [5, 5.41) is 12.9. The summed E-state index contributed by atoms with van der Waals surface area (Å²) in [5.41, 5.74) is 6.77. The van der Waals surface area contributed by atoms with Gasteiger partial charge in [-0.15, -0.1) is 0 Å². The number of amides is 1. The van der Waals surface area contributed by atoms with E-state index in [1.165, 1.54) is 32.4 Å². The minimum Gasteiger partial charge on any atom is -0.493 e. The number of rotatable bonds is 8. The zero-order valence-corrected chi connectivity index (χ0v) is 22.3. The number of nitrogens with two attached hydrogens (primary N) is 1. The Kier molecular flexibility index (Phi) is 8.30. The average Bonchev–Trinajstić information content (AvgIpc) is 2.92. The molecule has 0 radical (unpaired) electrons. The van der Waals surface area contributed by atoms with Crippen LogP contribution in [0, 0.1) is 23.0 Å². The molecule has 1 aliphatic heterocycles. The van der Waals surface area contributed by atoms with Gasteiger partial charge in [0.1, 0.15) is 23.2 Å². The predicted molar refractivity (Wildman–Crippen MR) is 143 cm³/mol. The Morgan fingerprint density at radius 2 is 1.87 bits per heavy atom. The molecule has 39 heavy (non-hydrogen) atoms. The molecule has 1 saturated heterocycles. The average molecular weight is 540 g/mol. The van der Waals surface area contributed by atoms with Gasteiger partial charge in [-0.25, -0.2) is 13.8 Å². The normalized spacial score (nSPS) is 14.4. The van der Waals surface area contributed by atoms with Crippen LogP contribution in [0.1, 0.15) is 37.4 Å². The third-order valence-electron chi connectivity index (χ3n) is 6.64. The van der Waals surface area contributed by atoms with Gasteiger partial charge in [0.05, 0.1) is 19.8 Å². The van der Waals surface area contributed by atoms with E-state index in [9.17, 15) is 14.4 Å². The molecule has 4 rings (SSSR count). The number of nitrogens with one attached hydrogen (secondary N) is 1. The van der Waals surface area contributed by atoms with Crippen LogP contribution in [0.3, 0.4) is 0 Å². The topological polar surface area (TPSA) is 130 Å². The van der Waals surface area contributed by atoms with E-state index in [4.69, 9.17) is 15.2 Å². The van der Waals surface area contributed by atoms with Crippen molar-refractivity contribution in [3.63, 3.8) is 0 Å². The summed E-state index contributed by atoms with van der Waals surface area (Å²) < 4.78 is 39.4. The van der Waals surface area contributed by atoms with Crippen LogP contribution in [-0.2, 0) is 4.79 Å². The highest BCUT2D eigenvalue weighted by Crippen LogP contribution is 2.37. The lowest BCUT2D eigenvalue weighted by Gasteiger charge is -2.36. The molecule has 206 valence electrons. The number of fused-ring (bicyclic) bond motifs is 1. The molecule has 10 nitrogen and oxygen atoms in total. The largest absolute Gasteiger partial charge is 0.493 e. The van der Waals surface area contributed by atoms with Gasteiger partial charge in [-0.05, 0) is 23.8 Å². The van der Waals surface area contributed by atoms with Crippen LogP contribution < -0.4 is 25.4 Å². The second-order valence-corrected chi connectivity index (χ2v) is 9.53. The fraction of sp³-hybridized carbons (Fsp3) is 0.407. The number of hydrogen-bond acceptors (Lipinski definition) is 9. The minimum atomic E-state index is -0.694. The lowest BCUT2D eigenvalue weighted by molar-refractivity contribution is -0.132. The third kappa shape index (κ3) is 5.78. The molecule has 0 spiro atoms. The number of carbonyl (C=O) groups is 1. The highest BCUT2D eigenvalue weighted by molar-refractivity contribution is 5.92. The lowest BCUT2D eigenvalue weighted by atomic mass is 9.99. The first-order valence-corrected chi connectivity index (χ1v) is 12.5. The fourth-order valence-corrected chi connectivity index (χ4v) is 4.66. The second kappa shape index (κ2) is 11.7. The van der Waals surface area contributed by atoms with Crippen molar-refractivity contribution in [2.24, 2.45) is 0 Å². The maximum absolute atomic E-state index is 15.2. The monoisotopic (exact) mass is 539 g/mol. The zero-order chi connectivity index (χ0) is 28.3. The Balaban J connectivity index is 1.49. The molecule has 3 aromatic rings. The molecule has 0 bridgehead atoms. The van der Waals surface area contributed by atoms with Crippen molar-refractivity contribution in [2.45, 2.75) is 32.4 Å². The number of aromatic nitrogens is 2. The first-order chi connectivity index (χ1) is 18.7. The van der Waals surface area contributed by atoms with Gasteiger partial charge < -0.3 is 30.3 Å². The van der Waals surface area contributed by atoms with Crippen LogP contribution in [0.25, 0.3) is 10.9 Å². The molecule has 1 aromatic heterocycles. The Hall–Kier alpha value is -4.24. The van der Waals surface area contributed by atoms with Crippen molar-refractivity contribution < 1.29 is 23.0 Å². The van der Waals surface area contributed by atoms with Crippen molar-refractivity contribution >= 4 is 28.6 Å². The van der Waals surface area contributed by atoms with E-state index in [0.717, 1.165) is 0 Å². The number of carbonyl (C=O) groups excluding carboxylic acids is 1. The van der Waals surface area contributed by atoms with E-state index in [0.29, 0.717) is 37.1 Å². The highest BCUT2D eigenvalue weighted by atomic mass is 19.1. The van der Waals surface area contributed by atoms with Crippen molar-refractivity contribution in [3.05, 3.63) is 47.0 Å². The number of benzene rings is 2. The number of nitrogen functional groups attached to an aromatic ring is 1. The van der Waals surface area contributed by atoms with Crippen molar-refractivity contribution in [1.82, 2.24) is 20.2 Å². The summed E-state index contributed by atoms with van der Waals surface area (Å²) in [6.07, 6.45) is 0.140. The molecule has 12 heteroatoms. The maximum Gasteiger partial charge on any atom is 0.228 e. The summed E-state index contributed by atoms with van der Waals surface area (Å²) in [4.78, 5) is 25.6. The van der Waals surface area contributed by atoms with Gasteiger partial charge in [0, 0.05) is 50.1 Å². The lowest BCUT2D eigenvalue weighted by Crippen LogP contribution is -2.50. The smallest absolute Gasteiger partial charge is 0.228 e. The highest BCUT2D eigenvalue weighted by Gasteiger charge is 2.27. The van der Waals surface area contributed by atoms with Gasteiger partial charge in [0.2, 0.25) is 11.9 Å². The van der Waals surface area contributed by atoms with E-state index < -0.39 is 11.6 Å². The molecule has 2 heterocycles. The van der Waals surface area contributed by atoms with Gasteiger partial charge in [-0.2, -0.15) is 10.2 Å². The summed E-state index contributed by atoms with van der Waals surface area (Å²) >= 11 is 0. The van der Waals surface area contributed by atoms with Crippen LogP contribution in [0.5, 0.6) is 11.5 Å². The molecule has 2 aromatic carbocycles. The SMILES string of the molecule is COc1cc2c(N)nc(N3CCN(C(=O)C[C@@H](NC(C)C)c4ccc(F)c(C#N)c4)CC3)nc2c(F)c1OC. The van der Waals surface area contributed by atoms with Crippen LogP contribution in [0.2, 0.25) is 0 Å². The number of hydrogen-bond donors (Lipinski definition) is 2. The number of piperazine rings is 1. The number of nitriles is 1. The van der Waals surface area contributed by atoms with Gasteiger partial charge in [-0.3, -0.25) is 4.79 Å². The molecule has 1 atom stereocenters. The Labute approximate surface area is 225 Å². The quantitative estimate of drug-likeness (QED) is 0.443. The maximum atomic E-state index is 15.2. The molecule has 3 N–H and O–H groups in total. The molecule has 0 unspecified atom stereocenters.